The van der Waals surface area contributed by atoms with E-state index >= 15 is 0 Å². The van der Waals surface area contributed by atoms with Gasteiger partial charge in [-0.05, 0) is 37.5 Å². The summed E-state index contributed by atoms with van der Waals surface area (Å²) in [4.78, 5) is 14.4. The van der Waals surface area contributed by atoms with Crippen molar-refractivity contribution in [1.29, 1.82) is 0 Å². The lowest BCUT2D eigenvalue weighted by Gasteiger charge is -2.32. The van der Waals surface area contributed by atoms with Crippen LogP contribution >= 0.6 is 12.4 Å². The SMILES string of the molecule is Cc1cccc(OCCC(=O)N2CCC(c3nnc4n3CCNC4)CC2)c1.Cl. The molecule has 1 aromatic heterocycles. The van der Waals surface area contributed by atoms with Gasteiger partial charge in [-0.15, -0.1) is 22.6 Å². The minimum Gasteiger partial charge on any atom is -0.493 e. The van der Waals surface area contributed by atoms with Crippen LogP contribution in [0.5, 0.6) is 5.75 Å². The molecule has 2 aromatic rings. The molecule has 0 aliphatic carbocycles. The van der Waals surface area contributed by atoms with Gasteiger partial charge in [0.15, 0.2) is 0 Å². The molecule has 1 aromatic carbocycles. The van der Waals surface area contributed by atoms with E-state index in [4.69, 9.17) is 4.74 Å². The molecule has 8 heteroatoms. The summed E-state index contributed by atoms with van der Waals surface area (Å²) in [5, 5.41) is 12.1. The van der Waals surface area contributed by atoms with E-state index in [0.29, 0.717) is 18.9 Å². The Balaban J connectivity index is 0.00000225. The first-order valence-corrected chi connectivity index (χ1v) is 9.80. The Bertz CT molecular complexity index is 802. The molecule has 1 amide bonds. The summed E-state index contributed by atoms with van der Waals surface area (Å²) < 4.78 is 7.97. The van der Waals surface area contributed by atoms with Crippen molar-refractivity contribution in [3.05, 3.63) is 41.5 Å². The van der Waals surface area contributed by atoms with Crippen molar-refractivity contribution < 1.29 is 9.53 Å². The summed E-state index contributed by atoms with van der Waals surface area (Å²) in [6, 6.07) is 7.92. The average Bonchev–Trinajstić information content (AvgIpc) is 3.12. The highest BCUT2D eigenvalue weighted by Gasteiger charge is 2.28. The second-order valence-electron chi connectivity index (χ2n) is 7.37. The van der Waals surface area contributed by atoms with E-state index in [9.17, 15) is 4.79 Å². The second-order valence-corrected chi connectivity index (χ2v) is 7.37. The third kappa shape index (κ3) is 4.64. The topological polar surface area (TPSA) is 72.3 Å². The normalized spacial score (nSPS) is 17.0. The Hall–Kier alpha value is -2.12. The van der Waals surface area contributed by atoms with E-state index in [1.165, 1.54) is 0 Å². The largest absolute Gasteiger partial charge is 0.493 e. The van der Waals surface area contributed by atoms with Gasteiger partial charge in [-0.25, -0.2) is 0 Å². The summed E-state index contributed by atoms with van der Waals surface area (Å²) in [7, 11) is 0. The van der Waals surface area contributed by atoms with Gasteiger partial charge in [0, 0.05) is 32.1 Å². The van der Waals surface area contributed by atoms with E-state index in [-0.39, 0.29) is 18.3 Å². The molecular formula is C20H28ClN5O2. The summed E-state index contributed by atoms with van der Waals surface area (Å²) >= 11 is 0. The van der Waals surface area contributed by atoms with E-state index in [1.54, 1.807) is 0 Å². The Morgan fingerprint density at radius 1 is 1.25 bits per heavy atom. The second kappa shape index (κ2) is 9.39. The number of nitrogens with zero attached hydrogens (tertiary/aromatic N) is 4. The van der Waals surface area contributed by atoms with Crippen LogP contribution in [0.2, 0.25) is 0 Å². The van der Waals surface area contributed by atoms with Crippen LogP contribution in [0.3, 0.4) is 0 Å². The highest BCUT2D eigenvalue weighted by molar-refractivity contribution is 5.85. The molecule has 152 valence electrons. The minimum absolute atomic E-state index is 0. The summed E-state index contributed by atoms with van der Waals surface area (Å²) in [6.45, 7) is 6.73. The number of hydrogen-bond donors (Lipinski definition) is 1. The number of likely N-dealkylation sites (tertiary alicyclic amines) is 1. The monoisotopic (exact) mass is 405 g/mol. The van der Waals surface area contributed by atoms with Crippen LogP contribution in [0, 0.1) is 6.92 Å². The fourth-order valence-corrected chi connectivity index (χ4v) is 3.92. The number of benzene rings is 1. The molecular weight excluding hydrogens is 378 g/mol. The van der Waals surface area contributed by atoms with Gasteiger partial charge in [-0.2, -0.15) is 0 Å². The van der Waals surface area contributed by atoms with Crippen LogP contribution in [0.15, 0.2) is 24.3 Å². The number of fused-ring (bicyclic) bond motifs is 1. The average molecular weight is 406 g/mol. The van der Waals surface area contributed by atoms with Crippen LogP contribution in [0.4, 0.5) is 0 Å². The lowest BCUT2D eigenvalue weighted by molar-refractivity contribution is -0.132. The third-order valence-electron chi connectivity index (χ3n) is 5.44. The number of piperidine rings is 1. The first-order valence-electron chi connectivity index (χ1n) is 9.80. The predicted octanol–water partition coefficient (Wildman–Crippen LogP) is 2.29. The Morgan fingerprint density at radius 3 is 2.86 bits per heavy atom. The Kier molecular flexibility index (Phi) is 6.91. The molecule has 0 atom stereocenters. The van der Waals surface area contributed by atoms with Crippen molar-refractivity contribution in [2.75, 3.05) is 26.2 Å². The quantitative estimate of drug-likeness (QED) is 0.826. The number of aryl methyl sites for hydroxylation is 1. The summed E-state index contributed by atoms with van der Waals surface area (Å²) in [5.74, 6) is 3.53. The number of amides is 1. The van der Waals surface area contributed by atoms with Crippen molar-refractivity contribution in [3.63, 3.8) is 0 Å². The van der Waals surface area contributed by atoms with Crippen LogP contribution in [-0.4, -0.2) is 51.8 Å². The van der Waals surface area contributed by atoms with Gasteiger partial charge in [0.05, 0.1) is 19.6 Å². The summed E-state index contributed by atoms with van der Waals surface area (Å²) in [5.41, 5.74) is 1.16. The molecule has 0 unspecified atom stereocenters. The van der Waals surface area contributed by atoms with E-state index in [1.807, 2.05) is 36.1 Å². The van der Waals surface area contributed by atoms with Crippen LogP contribution < -0.4 is 10.1 Å². The predicted molar refractivity (Wildman–Crippen MR) is 109 cm³/mol. The molecule has 2 aliphatic heterocycles. The minimum atomic E-state index is 0. The molecule has 7 nitrogen and oxygen atoms in total. The zero-order valence-corrected chi connectivity index (χ0v) is 17.1. The van der Waals surface area contributed by atoms with Crippen LogP contribution in [-0.2, 0) is 17.9 Å². The van der Waals surface area contributed by atoms with Crippen molar-refractivity contribution >= 4 is 18.3 Å². The number of rotatable bonds is 5. The molecule has 0 spiro atoms. The smallest absolute Gasteiger partial charge is 0.225 e. The van der Waals surface area contributed by atoms with Crippen molar-refractivity contribution in [1.82, 2.24) is 25.0 Å². The van der Waals surface area contributed by atoms with Gasteiger partial charge in [0.2, 0.25) is 5.91 Å². The molecule has 1 fully saturated rings. The van der Waals surface area contributed by atoms with Crippen molar-refractivity contribution in [3.8, 4) is 5.75 Å². The Morgan fingerprint density at radius 2 is 2.07 bits per heavy atom. The van der Waals surface area contributed by atoms with Gasteiger partial charge in [-0.1, -0.05) is 12.1 Å². The molecule has 1 N–H and O–H groups in total. The number of halogens is 1. The lowest BCUT2D eigenvalue weighted by atomic mass is 9.95. The fourth-order valence-electron chi connectivity index (χ4n) is 3.92. The van der Waals surface area contributed by atoms with Crippen molar-refractivity contribution in [2.45, 2.75) is 45.2 Å². The lowest BCUT2D eigenvalue weighted by Crippen LogP contribution is -2.39. The van der Waals surface area contributed by atoms with Gasteiger partial charge in [0.25, 0.3) is 0 Å². The number of ether oxygens (including phenoxy) is 1. The molecule has 0 bridgehead atoms. The first-order chi connectivity index (χ1) is 13.2. The zero-order valence-electron chi connectivity index (χ0n) is 16.3. The maximum absolute atomic E-state index is 12.5. The van der Waals surface area contributed by atoms with Gasteiger partial charge < -0.3 is 19.5 Å². The molecule has 0 saturated carbocycles. The van der Waals surface area contributed by atoms with Crippen LogP contribution in [0.1, 0.15) is 42.4 Å². The first kappa shape index (κ1) is 20.6. The molecule has 2 aliphatic rings. The van der Waals surface area contributed by atoms with Gasteiger partial charge >= 0.3 is 0 Å². The number of carbonyl (C=O) groups excluding carboxylic acids is 1. The highest BCUT2D eigenvalue weighted by atomic mass is 35.5. The molecule has 28 heavy (non-hydrogen) atoms. The van der Waals surface area contributed by atoms with Crippen molar-refractivity contribution in [2.24, 2.45) is 0 Å². The molecule has 1 saturated heterocycles. The molecule has 3 heterocycles. The maximum atomic E-state index is 12.5. The third-order valence-corrected chi connectivity index (χ3v) is 5.44. The number of nitrogens with one attached hydrogen (secondary N) is 1. The maximum Gasteiger partial charge on any atom is 0.225 e. The highest BCUT2D eigenvalue weighted by Crippen LogP contribution is 2.28. The molecule has 4 rings (SSSR count). The van der Waals surface area contributed by atoms with Crippen LogP contribution in [0.25, 0.3) is 0 Å². The molecule has 0 radical (unpaired) electrons. The van der Waals surface area contributed by atoms with Gasteiger partial charge in [-0.3, -0.25) is 4.79 Å². The fraction of sp³-hybridized carbons (Fsp3) is 0.550. The Labute approximate surface area is 171 Å². The zero-order chi connectivity index (χ0) is 18.6. The standard InChI is InChI=1S/C20H27N5O2.ClH/c1-15-3-2-4-17(13-15)27-12-7-19(26)24-9-5-16(6-10-24)20-23-22-18-14-21-8-11-25(18)20;/h2-4,13,16,21H,5-12,14H2,1H3;1H. The van der Waals surface area contributed by atoms with Gasteiger partial charge in [0.1, 0.15) is 17.4 Å². The van der Waals surface area contributed by atoms with E-state index < -0.39 is 0 Å². The number of carbonyl (C=O) groups is 1. The van der Waals surface area contributed by atoms with E-state index in [0.717, 1.165) is 68.5 Å². The number of aromatic nitrogens is 3. The van der Waals surface area contributed by atoms with E-state index in [2.05, 4.69) is 20.1 Å². The number of hydrogen-bond acceptors (Lipinski definition) is 5. The summed E-state index contributed by atoms with van der Waals surface area (Å²) in [6.07, 6.45) is 2.33.